The average molecular weight is 320 g/mol. The number of likely N-dealkylation sites (tertiary alicyclic amines) is 1. The first-order chi connectivity index (χ1) is 9.11. The molecule has 0 unspecified atom stereocenters. The Bertz CT molecular complexity index is 470. The fourth-order valence-corrected chi connectivity index (χ4v) is 3.54. The van der Waals surface area contributed by atoms with Crippen molar-refractivity contribution in [1.82, 2.24) is 4.90 Å². The number of rotatable bonds is 4. The Balaban J connectivity index is 1.95. The number of hydrogen-bond donors (Lipinski definition) is 1. The molecular weight excluding hydrogens is 305 g/mol. The minimum Gasteiger partial charge on any atom is -0.394 e. The van der Waals surface area contributed by atoms with Crippen molar-refractivity contribution in [3.05, 3.63) is 28.2 Å². The number of carbonyl (C=O) groups excluding carboxylic acids is 1. The maximum Gasteiger partial charge on any atom is 0.233 e. The molecule has 0 aliphatic carbocycles. The summed E-state index contributed by atoms with van der Waals surface area (Å²) >= 11 is 13.3. The van der Waals surface area contributed by atoms with Crippen molar-refractivity contribution in [2.45, 2.75) is 23.8 Å². The van der Waals surface area contributed by atoms with E-state index in [0.717, 1.165) is 24.3 Å². The minimum atomic E-state index is -0.0251. The Kier molecular flexibility index (Phi) is 5.39. The van der Waals surface area contributed by atoms with Gasteiger partial charge in [-0.2, -0.15) is 0 Å². The molecule has 6 heteroatoms. The minimum absolute atomic E-state index is 0.0251. The van der Waals surface area contributed by atoms with Crippen LogP contribution in [-0.2, 0) is 4.79 Å². The van der Waals surface area contributed by atoms with Crippen LogP contribution in [0.2, 0.25) is 10.0 Å². The van der Waals surface area contributed by atoms with Gasteiger partial charge in [0.2, 0.25) is 5.91 Å². The van der Waals surface area contributed by atoms with Crippen LogP contribution in [0.4, 0.5) is 0 Å². The number of nitrogens with zero attached hydrogens (tertiary/aromatic N) is 1. The number of halogens is 2. The molecule has 19 heavy (non-hydrogen) atoms. The molecule has 1 N–H and O–H groups in total. The van der Waals surface area contributed by atoms with Crippen molar-refractivity contribution in [3.63, 3.8) is 0 Å². The maximum absolute atomic E-state index is 12.1. The fourth-order valence-electron chi connectivity index (χ4n) is 2.16. The predicted octanol–water partition coefficient (Wildman–Crippen LogP) is 3.07. The molecule has 1 aromatic carbocycles. The van der Waals surface area contributed by atoms with E-state index in [1.807, 2.05) is 0 Å². The molecular formula is C13H15Cl2NO2S. The molecule has 104 valence electrons. The molecule has 1 saturated heterocycles. The van der Waals surface area contributed by atoms with Crippen LogP contribution in [0, 0.1) is 0 Å². The molecule has 1 heterocycles. The van der Waals surface area contributed by atoms with Gasteiger partial charge in [-0.05, 0) is 31.0 Å². The van der Waals surface area contributed by atoms with Crippen molar-refractivity contribution in [2.24, 2.45) is 0 Å². The van der Waals surface area contributed by atoms with Crippen LogP contribution in [0.25, 0.3) is 0 Å². The maximum atomic E-state index is 12.1. The van der Waals surface area contributed by atoms with Gasteiger partial charge < -0.3 is 10.0 Å². The van der Waals surface area contributed by atoms with Crippen LogP contribution in [0.1, 0.15) is 12.8 Å². The molecule has 1 aromatic rings. The standard InChI is InChI=1S/C13H15Cl2NO2S/c14-9-3-4-11(15)12(6-9)19-8-13(18)16-5-1-2-10(16)7-17/h3-4,6,10,17H,1-2,5,7-8H2/t10-/m1/s1. The van der Waals surface area contributed by atoms with Crippen molar-refractivity contribution in [2.75, 3.05) is 18.9 Å². The lowest BCUT2D eigenvalue weighted by Gasteiger charge is -2.22. The first-order valence-corrected chi connectivity index (χ1v) is 7.84. The zero-order chi connectivity index (χ0) is 13.8. The van der Waals surface area contributed by atoms with Gasteiger partial charge >= 0.3 is 0 Å². The zero-order valence-electron chi connectivity index (χ0n) is 10.3. The van der Waals surface area contributed by atoms with E-state index in [2.05, 4.69) is 0 Å². The number of carbonyl (C=O) groups is 1. The molecule has 1 atom stereocenters. The lowest BCUT2D eigenvalue weighted by molar-refractivity contribution is -0.129. The summed E-state index contributed by atoms with van der Waals surface area (Å²) in [5.41, 5.74) is 0. The molecule has 0 bridgehead atoms. The fraction of sp³-hybridized carbons (Fsp3) is 0.462. The topological polar surface area (TPSA) is 40.5 Å². The van der Waals surface area contributed by atoms with Crippen LogP contribution in [0.5, 0.6) is 0 Å². The van der Waals surface area contributed by atoms with Crippen molar-refractivity contribution in [1.29, 1.82) is 0 Å². The van der Waals surface area contributed by atoms with Gasteiger partial charge in [-0.1, -0.05) is 23.2 Å². The molecule has 0 radical (unpaired) electrons. The van der Waals surface area contributed by atoms with E-state index in [-0.39, 0.29) is 18.6 Å². The van der Waals surface area contributed by atoms with Gasteiger partial charge in [0.1, 0.15) is 0 Å². The smallest absolute Gasteiger partial charge is 0.233 e. The highest BCUT2D eigenvalue weighted by Crippen LogP contribution is 2.30. The molecule has 1 aliphatic rings. The van der Waals surface area contributed by atoms with E-state index in [9.17, 15) is 9.90 Å². The quantitative estimate of drug-likeness (QED) is 0.867. The van der Waals surface area contributed by atoms with E-state index < -0.39 is 0 Å². The molecule has 2 rings (SSSR count). The molecule has 1 fully saturated rings. The molecule has 0 saturated carbocycles. The van der Waals surface area contributed by atoms with Crippen LogP contribution in [0.15, 0.2) is 23.1 Å². The normalized spacial score (nSPS) is 18.9. The highest BCUT2D eigenvalue weighted by Gasteiger charge is 2.27. The van der Waals surface area contributed by atoms with Gasteiger partial charge in [0, 0.05) is 16.5 Å². The molecule has 1 aliphatic heterocycles. The summed E-state index contributed by atoms with van der Waals surface area (Å²) in [6.07, 6.45) is 1.84. The van der Waals surface area contributed by atoms with Gasteiger partial charge in [-0.25, -0.2) is 0 Å². The molecule has 0 spiro atoms. The lowest BCUT2D eigenvalue weighted by Crippen LogP contribution is -2.38. The van der Waals surface area contributed by atoms with Crippen molar-refractivity contribution < 1.29 is 9.90 Å². The monoisotopic (exact) mass is 319 g/mol. The predicted molar refractivity (Wildman–Crippen MR) is 79.0 cm³/mol. The third-order valence-corrected chi connectivity index (χ3v) is 4.87. The first kappa shape index (κ1) is 15.0. The van der Waals surface area contributed by atoms with Crippen LogP contribution >= 0.6 is 35.0 Å². The SMILES string of the molecule is O=C(CSc1cc(Cl)ccc1Cl)N1CCC[C@@H]1CO. The van der Waals surface area contributed by atoms with E-state index in [0.29, 0.717) is 15.8 Å². The molecule has 3 nitrogen and oxygen atoms in total. The second-order valence-corrected chi connectivity index (χ2v) is 6.29. The summed E-state index contributed by atoms with van der Waals surface area (Å²) in [5.74, 6) is 0.355. The van der Waals surface area contributed by atoms with E-state index in [1.165, 1.54) is 11.8 Å². The van der Waals surface area contributed by atoms with Crippen LogP contribution < -0.4 is 0 Å². The largest absolute Gasteiger partial charge is 0.394 e. The van der Waals surface area contributed by atoms with Gasteiger partial charge in [-0.3, -0.25) is 4.79 Å². The van der Waals surface area contributed by atoms with Gasteiger partial charge in [0.15, 0.2) is 0 Å². The number of amides is 1. The van der Waals surface area contributed by atoms with Crippen LogP contribution in [0.3, 0.4) is 0 Å². The highest BCUT2D eigenvalue weighted by molar-refractivity contribution is 8.00. The summed E-state index contributed by atoms with van der Waals surface area (Å²) in [6.45, 7) is 0.766. The molecule has 1 amide bonds. The second kappa shape index (κ2) is 6.84. The number of thioether (sulfide) groups is 1. The van der Waals surface area contributed by atoms with Gasteiger partial charge in [0.25, 0.3) is 0 Å². The Morgan fingerprint density at radius 1 is 1.47 bits per heavy atom. The number of benzene rings is 1. The summed E-state index contributed by atoms with van der Waals surface area (Å²) in [5, 5.41) is 10.4. The highest BCUT2D eigenvalue weighted by atomic mass is 35.5. The first-order valence-electron chi connectivity index (χ1n) is 6.10. The second-order valence-electron chi connectivity index (χ2n) is 4.43. The zero-order valence-corrected chi connectivity index (χ0v) is 12.6. The molecule has 0 aromatic heterocycles. The van der Waals surface area contributed by atoms with Crippen LogP contribution in [-0.4, -0.2) is 40.9 Å². The van der Waals surface area contributed by atoms with Crippen molar-refractivity contribution in [3.8, 4) is 0 Å². The third kappa shape index (κ3) is 3.78. The lowest BCUT2D eigenvalue weighted by atomic mass is 10.2. The van der Waals surface area contributed by atoms with Gasteiger partial charge in [-0.15, -0.1) is 11.8 Å². The Morgan fingerprint density at radius 3 is 3.00 bits per heavy atom. The van der Waals surface area contributed by atoms with E-state index in [1.54, 1.807) is 23.1 Å². The van der Waals surface area contributed by atoms with Crippen molar-refractivity contribution >= 4 is 40.9 Å². The summed E-state index contributed by atoms with van der Waals surface area (Å²) < 4.78 is 0. The number of hydrogen-bond acceptors (Lipinski definition) is 3. The summed E-state index contributed by atoms with van der Waals surface area (Å²) in [7, 11) is 0. The summed E-state index contributed by atoms with van der Waals surface area (Å²) in [4.78, 5) is 14.7. The number of aliphatic hydroxyl groups excluding tert-OH is 1. The Hall–Kier alpha value is -0.420. The summed E-state index contributed by atoms with van der Waals surface area (Å²) in [6, 6.07) is 5.18. The third-order valence-electron chi connectivity index (χ3n) is 3.15. The van der Waals surface area contributed by atoms with Gasteiger partial charge in [0.05, 0.1) is 23.4 Å². The van der Waals surface area contributed by atoms with E-state index in [4.69, 9.17) is 23.2 Å². The number of aliphatic hydroxyl groups is 1. The average Bonchev–Trinajstić information content (AvgIpc) is 2.88. The Labute approximate surface area is 126 Å². The van der Waals surface area contributed by atoms with E-state index >= 15 is 0 Å². The Morgan fingerprint density at radius 2 is 2.26 bits per heavy atom.